The van der Waals surface area contributed by atoms with Crippen molar-refractivity contribution in [1.29, 1.82) is 0 Å². The third-order valence-corrected chi connectivity index (χ3v) is 9.10. The van der Waals surface area contributed by atoms with Crippen molar-refractivity contribution in [3.8, 4) is 21.8 Å². The molecular formula is C35H36N4S. The van der Waals surface area contributed by atoms with E-state index < -0.39 is 0 Å². The second kappa shape index (κ2) is 11.2. The molecule has 1 aliphatic rings. The molecule has 5 heteroatoms. The second-order valence-corrected chi connectivity index (χ2v) is 12.0. The highest BCUT2D eigenvalue weighted by Gasteiger charge is 2.18. The summed E-state index contributed by atoms with van der Waals surface area (Å²) in [4.78, 5) is 6.22. The first-order valence-corrected chi connectivity index (χ1v) is 15.0. The molecule has 4 nitrogen and oxygen atoms in total. The molecule has 0 saturated heterocycles. The number of hydrogen-bond donors (Lipinski definition) is 3. The van der Waals surface area contributed by atoms with E-state index in [4.69, 9.17) is 5.10 Å². The van der Waals surface area contributed by atoms with Gasteiger partial charge in [-0.2, -0.15) is 5.10 Å². The Morgan fingerprint density at radius 2 is 1.88 bits per heavy atom. The lowest BCUT2D eigenvalue weighted by Gasteiger charge is -2.25. The van der Waals surface area contributed by atoms with Gasteiger partial charge in [0.05, 0.1) is 11.2 Å². The molecule has 1 saturated carbocycles. The van der Waals surface area contributed by atoms with E-state index in [0.717, 1.165) is 50.3 Å². The minimum absolute atomic E-state index is 0.539. The first-order chi connectivity index (χ1) is 19.5. The Hall–Kier alpha value is -4.09. The van der Waals surface area contributed by atoms with Crippen molar-refractivity contribution in [2.75, 3.05) is 0 Å². The number of rotatable bonds is 8. The van der Waals surface area contributed by atoms with E-state index in [9.17, 15) is 0 Å². The van der Waals surface area contributed by atoms with Crippen LogP contribution in [0.25, 0.3) is 49.2 Å². The molecule has 6 rings (SSSR count). The predicted molar refractivity (Wildman–Crippen MR) is 172 cm³/mol. The summed E-state index contributed by atoms with van der Waals surface area (Å²) < 4.78 is 0. The minimum Gasteiger partial charge on any atom is -0.359 e. The average molecular weight is 545 g/mol. The van der Waals surface area contributed by atoms with Crippen molar-refractivity contribution in [2.45, 2.75) is 46.0 Å². The van der Waals surface area contributed by atoms with E-state index in [2.05, 4.69) is 109 Å². The SMILES string of the molecule is C=C/C(=C\C(=C/C)c1ccc2[nH]nc(-c3cc4c(-c5ccc(C)s5)cccc4[nH]3)c2c1)NC(=C)C1CCCCC1. The summed E-state index contributed by atoms with van der Waals surface area (Å²) in [5.74, 6) is 0.539. The molecular weight excluding hydrogens is 508 g/mol. The van der Waals surface area contributed by atoms with Gasteiger partial charge in [0.15, 0.2) is 0 Å². The fraction of sp³-hybridized carbons (Fsp3) is 0.229. The Labute approximate surface area is 240 Å². The Morgan fingerprint density at radius 3 is 2.62 bits per heavy atom. The Bertz CT molecular complexity index is 1770. The van der Waals surface area contributed by atoms with E-state index in [0.29, 0.717) is 5.92 Å². The third-order valence-electron chi connectivity index (χ3n) is 8.07. The minimum atomic E-state index is 0.539. The number of H-pyrrole nitrogens is 2. The van der Waals surface area contributed by atoms with Crippen LogP contribution in [-0.4, -0.2) is 15.2 Å². The van der Waals surface area contributed by atoms with E-state index in [1.807, 2.05) is 17.4 Å². The van der Waals surface area contributed by atoms with Crippen molar-refractivity contribution in [2.24, 2.45) is 5.92 Å². The van der Waals surface area contributed by atoms with E-state index >= 15 is 0 Å². The summed E-state index contributed by atoms with van der Waals surface area (Å²) in [6.45, 7) is 12.7. The molecule has 0 bridgehead atoms. The van der Waals surface area contributed by atoms with Gasteiger partial charge in [-0.3, -0.25) is 5.10 Å². The largest absolute Gasteiger partial charge is 0.359 e. The maximum Gasteiger partial charge on any atom is 0.116 e. The Kier molecular flexibility index (Phi) is 7.31. The molecule has 1 aliphatic carbocycles. The molecule has 2 aromatic carbocycles. The van der Waals surface area contributed by atoms with Crippen LogP contribution in [0.1, 0.15) is 49.5 Å². The van der Waals surface area contributed by atoms with Crippen LogP contribution >= 0.6 is 11.3 Å². The van der Waals surface area contributed by atoms with Crippen LogP contribution in [0.15, 0.2) is 97.4 Å². The number of nitrogens with one attached hydrogen (secondary N) is 3. The normalized spacial score (nSPS) is 15.2. The zero-order valence-corrected chi connectivity index (χ0v) is 24.1. The van der Waals surface area contributed by atoms with Gasteiger partial charge in [0, 0.05) is 43.0 Å². The Morgan fingerprint density at radius 1 is 1.02 bits per heavy atom. The molecule has 5 aromatic rings. The summed E-state index contributed by atoms with van der Waals surface area (Å²) >= 11 is 1.83. The second-order valence-electron chi connectivity index (χ2n) is 10.7. The summed E-state index contributed by atoms with van der Waals surface area (Å²) in [5, 5.41) is 13.8. The highest BCUT2D eigenvalue weighted by atomic mass is 32.1. The zero-order valence-electron chi connectivity index (χ0n) is 23.3. The highest BCUT2D eigenvalue weighted by molar-refractivity contribution is 7.15. The van der Waals surface area contributed by atoms with E-state index in [-0.39, 0.29) is 0 Å². The van der Waals surface area contributed by atoms with E-state index in [1.54, 1.807) is 0 Å². The van der Waals surface area contributed by atoms with Gasteiger partial charge in [0.1, 0.15) is 5.69 Å². The van der Waals surface area contributed by atoms with Crippen molar-refractivity contribution < 1.29 is 0 Å². The van der Waals surface area contributed by atoms with Crippen LogP contribution in [0, 0.1) is 12.8 Å². The number of thiophene rings is 1. The van der Waals surface area contributed by atoms with Gasteiger partial charge in [0.25, 0.3) is 0 Å². The molecule has 0 amide bonds. The number of nitrogens with zero attached hydrogens (tertiary/aromatic N) is 1. The zero-order chi connectivity index (χ0) is 27.6. The fourth-order valence-corrected chi connectivity index (χ4v) is 6.77. The lowest BCUT2D eigenvalue weighted by atomic mass is 9.87. The van der Waals surface area contributed by atoms with Gasteiger partial charge >= 0.3 is 0 Å². The van der Waals surface area contributed by atoms with Crippen LogP contribution in [0.5, 0.6) is 0 Å². The van der Waals surface area contributed by atoms with Crippen LogP contribution in [-0.2, 0) is 0 Å². The number of allylic oxidation sites excluding steroid dienone is 5. The van der Waals surface area contributed by atoms with Crippen LogP contribution in [0.2, 0.25) is 0 Å². The van der Waals surface area contributed by atoms with Gasteiger partial charge in [0.2, 0.25) is 0 Å². The van der Waals surface area contributed by atoms with Crippen molar-refractivity contribution in [1.82, 2.24) is 20.5 Å². The number of fused-ring (bicyclic) bond motifs is 2. The number of aromatic amines is 2. The van der Waals surface area contributed by atoms with E-state index in [1.165, 1.54) is 52.8 Å². The smallest absolute Gasteiger partial charge is 0.116 e. The first kappa shape index (κ1) is 26.1. The van der Waals surface area contributed by atoms with Crippen molar-refractivity contribution in [3.05, 3.63) is 108 Å². The summed E-state index contributed by atoms with van der Waals surface area (Å²) in [5.41, 5.74) is 9.64. The first-order valence-electron chi connectivity index (χ1n) is 14.2. The molecule has 0 aliphatic heterocycles. The number of aromatic nitrogens is 3. The maximum absolute atomic E-state index is 4.73. The lowest BCUT2D eigenvalue weighted by Crippen LogP contribution is -2.20. The highest BCUT2D eigenvalue weighted by Crippen LogP contribution is 2.37. The molecule has 3 heterocycles. The Balaban J connectivity index is 1.33. The third kappa shape index (κ3) is 5.09. The van der Waals surface area contributed by atoms with Gasteiger partial charge in [-0.15, -0.1) is 11.3 Å². The monoisotopic (exact) mass is 544 g/mol. The molecule has 40 heavy (non-hydrogen) atoms. The number of hydrogen-bond acceptors (Lipinski definition) is 3. The average Bonchev–Trinajstić information content (AvgIpc) is 3.72. The summed E-state index contributed by atoms with van der Waals surface area (Å²) in [6, 6.07) is 19.6. The lowest BCUT2D eigenvalue weighted by molar-refractivity contribution is 0.393. The molecule has 0 atom stereocenters. The molecule has 1 fully saturated rings. The van der Waals surface area contributed by atoms with Crippen LogP contribution in [0.3, 0.4) is 0 Å². The molecule has 3 N–H and O–H groups in total. The van der Waals surface area contributed by atoms with Gasteiger partial charge in [-0.05, 0) is 92.3 Å². The van der Waals surface area contributed by atoms with Crippen molar-refractivity contribution in [3.63, 3.8) is 0 Å². The van der Waals surface area contributed by atoms with Gasteiger partial charge in [-0.25, -0.2) is 0 Å². The molecule has 0 radical (unpaired) electrons. The number of benzene rings is 2. The molecule has 202 valence electrons. The summed E-state index contributed by atoms with van der Waals surface area (Å²) in [7, 11) is 0. The molecule has 3 aromatic heterocycles. The quantitative estimate of drug-likeness (QED) is 0.170. The van der Waals surface area contributed by atoms with Crippen LogP contribution < -0.4 is 5.32 Å². The van der Waals surface area contributed by atoms with Crippen LogP contribution in [0.4, 0.5) is 0 Å². The molecule has 0 spiro atoms. The topological polar surface area (TPSA) is 56.5 Å². The predicted octanol–water partition coefficient (Wildman–Crippen LogP) is 9.90. The van der Waals surface area contributed by atoms with Gasteiger partial charge < -0.3 is 10.3 Å². The summed E-state index contributed by atoms with van der Waals surface area (Å²) in [6.07, 6.45) is 12.5. The maximum atomic E-state index is 4.73. The van der Waals surface area contributed by atoms with Gasteiger partial charge in [-0.1, -0.05) is 56.7 Å². The molecule has 0 unspecified atom stereocenters. The fourth-order valence-electron chi connectivity index (χ4n) is 5.86. The number of aryl methyl sites for hydroxylation is 1. The van der Waals surface area contributed by atoms with Crippen molar-refractivity contribution >= 4 is 38.7 Å². The standard InChI is InChI=1S/C35H36N4S/c1-5-24(19-27(6-2)36-23(4)25-11-8-7-9-12-25)26-16-17-32-30(20-26)35(39-38-32)33-21-29-28(13-10-14-31(29)37-33)34-18-15-22(3)40-34/h5-6,10,13-21,25,36-37H,2,4,7-9,11-12H2,1,3H3,(H,38,39)/b24-5+,27-19+.